The van der Waals surface area contributed by atoms with Gasteiger partial charge in [-0.3, -0.25) is 9.69 Å². The maximum absolute atomic E-state index is 11.8. The average molecular weight is 1050 g/mol. The van der Waals surface area contributed by atoms with Crippen LogP contribution in [0, 0.1) is 17.8 Å². The first-order chi connectivity index (χ1) is 31.2. The largest absolute Gasteiger partial charge is 0.490 e. The smallest absolute Gasteiger partial charge is 0.335 e. The monoisotopic (exact) mass is 1040 g/mol. The summed E-state index contributed by atoms with van der Waals surface area (Å²) >= 11 is 8.48. The molecule has 14 heteroatoms. The van der Waals surface area contributed by atoms with Gasteiger partial charge in [0.25, 0.3) is 0 Å². The maximum Gasteiger partial charge on any atom is 0.335 e. The molecular formula is C51H70ClIN4O7S. The number of aryl methyl sites for hydroxylation is 1. The second kappa shape index (κ2) is 25.1. The van der Waals surface area contributed by atoms with Crippen LogP contribution in [0.1, 0.15) is 92.3 Å². The summed E-state index contributed by atoms with van der Waals surface area (Å²) in [6.45, 7) is 17.9. The molecule has 0 aromatic heterocycles. The van der Waals surface area contributed by atoms with Crippen LogP contribution in [-0.2, 0) is 37.8 Å². The van der Waals surface area contributed by atoms with Gasteiger partial charge in [0.1, 0.15) is 11.9 Å². The summed E-state index contributed by atoms with van der Waals surface area (Å²) in [5.74, 6) is -0.108. The molecule has 3 aromatic rings. The number of carboxylic acid groups (broad SMARTS) is 1. The number of primary sulfonamides is 1. The SMILES string of the molecule is C1CCN2CCNC[C@H]2C1.C=CC[C@H](C)C(Cc1ccccc1)S(N)(=O)=O.C=C[C@H](OC(C)=O)[C@@H]1CC[C@H]1CN1C[C@@]2(CCCc3cc(Cl)ccc32)COc2ccc(C(=O)O)cc21.CI. The number of sulfonamides is 1. The van der Waals surface area contributed by atoms with Gasteiger partial charge in [-0.05, 0) is 128 Å². The highest BCUT2D eigenvalue weighted by atomic mass is 127. The lowest BCUT2D eigenvalue weighted by molar-refractivity contribution is -0.149. The highest BCUT2D eigenvalue weighted by Crippen LogP contribution is 2.47. The molecule has 1 unspecified atom stereocenters. The van der Waals surface area contributed by atoms with Gasteiger partial charge in [0.2, 0.25) is 10.0 Å². The predicted molar refractivity (Wildman–Crippen MR) is 272 cm³/mol. The second-order valence-corrected chi connectivity index (χ2v) is 20.3. The van der Waals surface area contributed by atoms with Crippen molar-refractivity contribution in [2.45, 2.75) is 101 Å². The van der Waals surface area contributed by atoms with Crippen molar-refractivity contribution >= 4 is 61.8 Å². The Morgan fingerprint density at radius 2 is 1.83 bits per heavy atom. The van der Waals surface area contributed by atoms with E-state index >= 15 is 0 Å². The molecule has 8 rings (SSSR count). The zero-order valence-electron chi connectivity index (χ0n) is 38.4. The van der Waals surface area contributed by atoms with E-state index in [-0.39, 0.29) is 40.8 Å². The molecule has 2 aliphatic carbocycles. The number of piperidine rings is 1. The molecule has 0 amide bonds. The Morgan fingerprint density at radius 1 is 1.06 bits per heavy atom. The van der Waals surface area contributed by atoms with E-state index in [4.69, 9.17) is 26.2 Å². The molecule has 3 heterocycles. The minimum absolute atomic E-state index is 0.0253. The quantitative estimate of drug-likeness (QED) is 0.0693. The van der Waals surface area contributed by atoms with E-state index in [1.54, 1.807) is 30.4 Å². The first-order valence-corrected chi connectivity index (χ1v) is 27.2. The minimum atomic E-state index is -3.53. The van der Waals surface area contributed by atoms with Gasteiger partial charge in [-0.1, -0.05) is 103 Å². The number of carbonyl (C=O) groups is 2. The minimum Gasteiger partial charge on any atom is -0.490 e. The Hall–Kier alpha value is -3.47. The van der Waals surface area contributed by atoms with Gasteiger partial charge in [-0.25, -0.2) is 18.4 Å². The Labute approximate surface area is 406 Å². The van der Waals surface area contributed by atoms with E-state index in [1.165, 1.54) is 63.5 Å². The molecule has 1 spiro atoms. The fraction of sp³-hybridized carbons (Fsp3) is 0.529. The molecule has 3 fully saturated rings. The Morgan fingerprint density at radius 3 is 2.48 bits per heavy atom. The van der Waals surface area contributed by atoms with Crippen LogP contribution in [0.2, 0.25) is 5.02 Å². The number of carboxylic acids is 1. The standard InChI is InChI=1S/C29H32ClNO5.C13H19NO2S.C8H16N2.CH3I/c1-3-26(36-18(2)32)23-9-6-21(23)15-31-16-29(12-4-5-19-13-22(30)8-10-24(19)29)17-35-27-11-7-20(28(33)34)14-25(27)31;1-3-7-11(2)13(17(14,15)16)10-12-8-5-4-6-9-12;1-2-5-10-6-4-9-7-8(10)3-1;1-2/h3,7-8,10-11,13-14,21,23,26H,1,4-6,9,12,15-17H2,2H3,(H,33,34);3-6,8-9,11,13H,1,7,10H2,2H3,(H2,14,15,16);8-9H,1-7H2;1H3/t21-,23+,26-,29-;11-,13?;8-;/m001./s1. The number of piperazine rings is 1. The average Bonchev–Trinajstić information content (AvgIpc) is 3.44. The van der Waals surface area contributed by atoms with Gasteiger partial charge in [0, 0.05) is 62.0 Å². The van der Waals surface area contributed by atoms with Crippen molar-refractivity contribution < 1.29 is 32.6 Å². The molecule has 1 saturated carbocycles. The number of aromatic carboxylic acids is 1. The molecule has 2 saturated heterocycles. The van der Waals surface area contributed by atoms with Crippen LogP contribution >= 0.6 is 34.2 Å². The van der Waals surface area contributed by atoms with E-state index in [1.807, 2.05) is 48.3 Å². The van der Waals surface area contributed by atoms with E-state index in [2.05, 4.69) is 63.0 Å². The fourth-order valence-corrected chi connectivity index (χ4v) is 11.6. The number of rotatable bonds is 12. The molecule has 0 radical (unpaired) electrons. The maximum atomic E-state index is 11.8. The van der Waals surface area contributed by atoms with Gasteiger partial charge < -0.3 is 24.8 Å². The van der Waals surface area contributed by atoms with Crippen molar-refractivity contribution in [1.29, 1.82) is 0 Å². The number of fused-ring (bicyclic) bond motifs is 4. The van der Waals surface area contributed by atoms with Gasteiger partial charge in [0.15, 0.2) is 0 Å². The van der Waals surface area contributed by atoms with Crippen molar-refractivity contribution in [2.24, 2.45) is 22.9 Å². The van der Waals surface area contributed by atoms with E-state index in [0.717, 1.165) is 61.0 Å². The van der Waals surface area contributed by atoms with Gasteiger partial charge in [-0.2, -0.15) is 0 Å². The zero-order chi connectivity index (χ0) is 47.1. The molecule has 3 aliphatic heterocycles. The van der Waals surface area contributed by atoms with Crippen LogP contribution < -0.4 is 20.1 Å². The third-order valence-corrected chi connectivity index (χ3v) is 15.5. The van der Waals surface area contributed by atoms with Crippen LogP contribution in [0.3, 0.4) is 0 Å². The lowest BCUT2D eigenvalue weighted by atomic mass is 9.68. The number of carbonyl (C=O) groups excluding carboxylic acids is 1. The zero-order valence-corrected chi connectivity index (χ0v) is 42.2. The Balaban J connectivity index is 0.000000224. The molecule has 0 bridgehead atoms. The summed E-state index contributed by atoms with van der Waals surface area (Å²) in [5.41, 5.74) is 4.33. The van der Waals surface area contributed by atoms with Crippen molar-refractivity contribution in [3.8, 4) is 5.75 Å². The van der Waals surface area contributed by atoms with Gasteiger partial charge in [0.05, 0.1) is 23.1 Å². The van der Waals surface area contributed by atoms with E-state index in [9.17, 15) is 23.1 Å². The van der Waals surface area contributed by atoms with Crippen LogP contribution in [0.25, 0.3) is 0 Å². The second-order valence-electron chi connectivity index (χ2n) is 18.1. The number of anilines is 1. The number of halogens is 2. The third-order valence-electron chi connectivity index (χ3n) is 13.8. The summed E-state index contributed by atoms with van der Waals surface area (Å²) in [6.07, 6.45) is 13.5. The van der Waals surface area contributed by atoms with Crippen LogP contribution in [0.15, 0.2) is 92.0 Å². The van der Waals surface area contributed by atoms with Crippen LogP contribution in [0.5, 0.6) is 5.75 Å². The topological polar surface area (TPSA) is 152 Å². The molecule has 7 atom stereocenters. The number of benzene rings is 3. The van der Waals surface area contributed by atoms with Crippen molar-refractivity contribution in [3.63, 3.8) is 0 Å². The van der Waals surface area contributed by atoms with Crippen LogP contribution in [0.4, 0.5) is 5.69 Å². The number of alkyl halides is 1. The third kappa shape index (κ3) is 14.3. The van der Waals surface area contributed by atoms with Crippen molar-refractivity contribution in [3.05, 3.63) is 119 Å². The summed E-state index contributed by atoms with van der Waals surface area (Å²) < 4.78 is 35.2. The number of hydrogen-bond donors (Lipinski definition) is 3. The fourth-order valence-electron chi connectivity index (χ4n) is 10.3. The molecule has 4 N–H and O–H groups in total. The number of ether oxygens (including phenoxy) is 2. The summed E-state index contributed by atoms with van der Waals surface area (Å²) in [5, 5.41) is 18.6. The summed E-state index contributed by atoms with van der Waals surface area (Å²) in [6, 6.07) is 21.7. The number of nitrogens with one attached hydrogen (secondary N) is 1. The molecule has 5 aliphatic rings. The van der Waals surface area contributed by atoms with Crippen molar-refractivity contribution in [2.75, 3.05) is 55.7 Å². The number of hydrogen-bond acceptors (Lipinski definition) is 9. The van der Waals surface area contributed by atoms with Crippen LogP contribution in [-0.4, -0.2) is 98.6 Å². The Bertz CT molecular complexity index is 2140. The molecule has 11 nitrogen and oxygen atoms in total. The Kier molecular flexibility index (Phi) is 20.2. The molecule has 3 aromatic carbocycles. The first kappa shape index (κ1) is 52.5. The predicted octanol–water partition coefficient (Wildman–Crippen LogP) is 9.25. The van der Waals surface area contributed by atoms with E-state index in [0.29, 0.717) is 31.7 Å². The summed E-state index contributed by atoms with van der Waals surface area (Å²) in [7, 11) is -3.53. The number of nitrogens with two attached hydrogens (primary N) is 1. The normalized spacial score (nSPS) is 23.6. The lowest BCUT2D eigenvalue weighted by Gasteiger charge is -2.45. The van der Waals surface area contributed by atoms with E-state index < -0.39 is 21.2 Å². The highest BCUT2D eigenvalue weighted by molar-refractivity contribution is 14.1. The molecule has 356 valence electrons. The van der Waals surface area contributed by atoms with Crippen molar-refractivity contribution in [1.82, 2.24) is 10.2 Å². The highest BCUT2D eigenvalue weighted by Gasteiger charge is 2.45. The van der Waals surface area contributed by atoms with Gasteiger partial charge in [-0.15, -0.1) is 6.58 Å². The molecular weight excluding hydrogens is 975 g/mol. The number of allylic oxidation sites excluding steroid dienone is 1. The summed E-state index contributed by atoms with van der Waals surface area (Å²) in [4.78, 5) is 30.4. The number of esters is 1. The first-order valence-electron chi connectivity index (χ1n) is 23.0. The van der Waals surface area contributed by atoms with Gasteiger partial charge >= 0.3 is 11.9 Å². The number of nitrogens with zero attached hydrogens (tertiary/aromatic N) is 2. The molecule has 65 heavy (non-hydrogen) atoms. The lowest BCUT2D eigenvalue weighted by Crippen LogP contribution is -2.53.